The second-order valence-electron chi connectivity index (χ2n) is 6.45. The summed E-state index contributed by atoms with van der Waals surface area (Å²) in [6.45, 7) is 8.60. The van der Waals surface area contributed by atoms with Crippen LogP contribution < -0.4 is 0 Å². The fourth-order valence-corrected chi connectivity index (χ4v) is 3.96. The van der Waals surface area contributed by atoms with Gasteiger partial charge in [-0.3, -0.25) is 0 Å². The number of allylic oxidation sites excluding steroid dienone is 3. The highest BCUT2D eigenvalue weighted by Gasteiger charge is 2.37. The van der Waals surface area contributed by atoms with Gasteiger partial charge in [-0.1, -0.05) is 26.5 Å². The van der Waals surface area contributed by atoms with Gasteiger partial charge in [-0.15, -0.1) is 0 Å². The molecule has 0 aliphatic heterocycles. The molecule has 0 aromatic heterocycles. The van der Waals surface area contributed by atoms with Crippen molar-refractivity contribution in [3.05, 3.63) is 23.8 Å². The summed E-state index contributed by atoms with van der Waals surface area (Å²) in [5, 5.41) is 18.8. The van der Waals surface area contributed by atoms with E-state index in [-0.39, 0.29) is 5.92 Å². The van der Waals surface area contributed by atoms with Crippen LogP contribution >= 0.6 is 0 Å². The lowest BCUT2D eigenvalue weighted by Crippen LogP contribution is -2.24. The van der Waals surface area contributed by atoms with Crippen molar-refractivity contribution in [1.29, 1.82) is 0 Å². The van der Waals surface area contributed by atoms with E-state index in [4.69, 9.17) is 0 Å². The van der Waals surface area contributed by atoms with Crippen LogP contribution in [0.5, 0.6) is 0 Å². The lowest BCUT2D eigenvalue weighted by Gasteiger charge is -2.26. The second-order valence-corrected chi connectivity index (χ2v) is 6.45. The first-order chi connectivity index (χ1) is 9.04. The monoisotopic (exact) mass is 264 g/mol. The molecule has 1 saturated carbocycles. The minimum Gasteiger partial charge on any atom is -0.368 e. The number of hydrogen-bond acceptors (Lipinski definition) is 2. The van der Waals surface area contributed by atoms with Crippen LogP contribution in [-0.4, -0.2) is 16.5 Å². The molecule has 2 aliphatic rings. The number of hydrogen-bond donors (Lipinski definition) is 2. The zero-order chi connectivity index (χ0) is 14.0. The average molecular weight is 264 g/mol. The molecule has 1 fully saturated rings. The van der Waals surface area contributed by atoms with Crippen molar-refractivity contribution in [3.8, 4) is 0 Å². The molecule has 2 N–H and O–H groups in total. The van der Waals surface area contributed by atoms with Gasteiger partial charge in [0.1, 0.15) is 0 Å². The number of aliphatic hydroxyl groups excluding tert-OH is 1. The highest BCUT2D eigenvalue weighted by atomic mass is 16.5. The van der Waals surface area contributed by atoms with E-state index >= 15 is 0 Å². The van der Waals surface area contributed by atoms with Crippen molar-refractivity contribution in [2.75, 3.05) is 0 Å². The maximum Gasteiger partial charge on any atom is 0.154 e. The Kier molecular flexibility index (Phi) is 4.86. The van der Waals surface area contributed by atoms with Gasteiger partial charge in [0.2, 0.25) is 0 Å². The zero-order valence-corrected chi connectivity index (χ0v) is 12.3. The third-order valence-electron chi connectivity index (χ3n) is 5.23. The summed E-state index contributed by atoms with van der Waals surface area (Å²) < 4.78 is 0. The Morgan fingerprint density at radius 3 is 2.74 bits per heavy atom. The fourth-order valence-electron chi connectivity index (χ4n) is 3.96. The van der Waals surface area contributed by atoms with Gasteiger partial charge < -0.3 is 10.2 Å². The summed E-state index contributed by atoms with van der Waals surface area (Å²) in [6, 6.07) is 0. The normalized spacial score (nSPS) is 30.2. The van der Waals surface area contributed by atoms with E-state index in [9.17, 15) is 10.2 Å². The summed E-state index contributed by atoms with van der Waals surface area (Å²) in [5.41, 5.74) is 2.85. The largest absolute Gasteiger partial charge is 0.368 e. The molecule has 0 heterocycles. The Labute approximate surface area is 117 Å². The smallest absolute Gasteiger partial charge is 0.154 e. The molecule has 0 radical (unpaired) electrons. The molecule has 0 aromatic rings. The first kappa shape index (κ1) is 14.8. The lowest BCUT2D eigenvalue weighted by molar-refractivity contribution is -0.0911. The molecule has 108 valence electrons. The number of aliphatic hydroxyl groups is 2. The van der Waals surface area contributed by atoms with E-state index in [0.717, 1.165) is 18.8 Å². The van der Waals surface area contributed by atoms with Gasteiger partial charge in [-0.25, -0.2) is 0 Å². The van der Waals surface area contributed by atoms with E-state index < -0.39 is 6.29 Å². The van der Waals surface area contributed by atoms with Crippen LogP contribution in [0.15, 0.2) is 23.8 Å². The van der Waals surface area contributed by atoms with E-state index in [0.29, 0.717) is 11.8 Å². The first-order valence-corrected chi connectivity index (χ1v) is 7.79. The van der Waals surface area contributed by atoms with Crippen molar-refractivity contribution in [3.63, 3.8) is 0 Å². The van der Waals surface area contributed by atoms with Crippen molar-refractivity contribution < 1.29 is 10.2 Å². The SMILES string of the molecule is C=C1C2=CCCCC2CC1C(C)CC(CC)C(O)O. The number of fused-ring (bicyclic) bond motifs is 1. The third kappa shape index (κ3) is 3.11. The standard InChI is InChI=1S/C17H28O2/c1-4-13(17(18)19)9-11(2)16-10-14-7-5-6-8-15(14)12(16)3/h8,11,13-14,16-19H,3-7,9-10H2,1-2H3. The van der Waals surface area contributed by atoms with Gasteiger partial charge in [-0.2, -0.15) is 0 Å². The fraction of sp³-hybridized carbons (Fsp3) is 0.765. The van der Waals surface area contributed by atoms with E-state index in [1.165, 1.54) is 36.8 Å². The molecule has 2 nitrogen and oxygen atoms in total. The molecular formula is C17H28O2. The van der Waals surface area contributed by atoms with E-state index in [2.05, 4.69) is 19.6 Å². The average Bonchev–Trinajstić information content (AvgIpc) is 2.73. The molecule has 0 amide bonds. The zero-order valence-electron chi connectivity index (χ0n) is 12.3. The van der Waals surface area contributed by atoms with Crippen LogP contribution in [0.1, 0.15) is 52.4 Å². The topological polar surface area (TPSA) is 40.5 Å². The van der Waals surface area contributed by atoms with Gasteiger partial charge in [0.05, 0.1) is 0 Å². The first-order valence-electron chi connectivity index (χ1n) is 7.79. The quantitative estimate of drug-likeness (QED) is 0.744. The Hall–Kier alpha value is -0.600. The summed E-state index contributed by atoms with van der Waals surface area (Å²) in [6.07, 6.45) is 7.99. The summed E-state index contributed by atoms with van der Waals surface area (Å²) in [7, 11) is 0. The van der Waals surface area contributed by atoms with Gasteiger partial charge in [0.25, 0.3) is 0 Å². The van der Waals surface area contributed by atoms with Crippen LogP contribution in [0.4, 0.5) is 0 Å². The molecule has 2 rings (SSSR count). The molecule has 0 aromatic carbocycles. The Morgan fingerprint density at radius 2 is 2.16 bits per heavy atom. The van der Waals surface area contributed by atoms with Gasteiger partial charge in [0, 0.05) is 5.92 Å². The van der Waals surface area contributed by atoms with Crippen molar-refractivity contribution >= 4 is 0 Å². The third-order valence-corrected chi connectivity index (χ3v) is 5.23. The van der Waals surface area contributed by atoms with Crippen molar-refractivity contribution in [1.82, 2.24) is 0 Å². The van der Waals surface area contributed by atoms with Crippen LogP contribution in [0.25, 0.3) is 0 Å². The summed E-state index contributed by atoms with van der Waals surface area (Å²) in [5.74, 6) is 1.76. The molecular weight excluding hydrogens is 236 g/mol. The van der Waals surface area contributed by atoms with Gasteiger partial charge >= 0.3 is 0 Å². The summed E-state index contributed by atoms with van der Waals surface area (Å²) in [4.78, 5) is 0. The molecule has 4 unspecified atom stereocenters. The second kappa shape index (κ2) is 6.23. The van der Waals surface area contributed by atoms with Gasteiger partial charge in [-0.05, 0) is 67.4 Å². The molecule has 2 aliphatic carbocycles. The predicted octanol–water partition coefficient (Wildman–Crippen LogP) is 3.65. The van der Waals surface area contributed by atoms with E-state index in [1.807, 2.05) is 6.92 Å². The van der Waals surface area contributed by atoms with E-state index in [1.54, 1.807) is 0 Å². The molecule has 4 atom stereocenters. The Morgan fingerprint density at radius 1 is 1.42 bits per heavy atom. The lowest BCUT2D eigenvalue weighted by atomic mass is 9.81. The van der Waals surface area contributed by atoms with Crippen LogP contribution in [0.3, 0.4) is 0 Å². The molecule has 0 spiro atoms. The number of rotatable bonds is 5. The molecule has 2 heteroatoms. The highest BCUT2D eigenvalue weighted by molar-refractivity contribution is 5.39. The van der Waals surface area contributed by atoms with Crippen LogP contribution in [-0.2, 0) is 0 Å². The van der Waals surface area contributed by atoms with Crippen molar-refractivity contribution in [2.45, 2.75) is 58.7 Å². The minimum absolute atomic E-state index is 0.000548. The molecule has 19 heavy (non-hydrogen) atoms. The van der Waals surface area contributed by atoms with Crippen LogP contribution in [0.2, 0.25) is 0 Å². The Bertz CT molecular complexity index is 356. The molecule has 0 bridgehead atoms. The maximum absolute atomic E-state index is 9.40. The van der Waals surface area contributed by atoms with Crippen LogP contribution in [0, 0.1) is 23.7 Å². The minimum atomic E-state index is -1.18. The molecule has 0 saturated heterocycles. The Balaban J connectivity index is 2.00. The van der Waals surface area contributed by atoms with Gasteiger partial charge in [0.15, 0.2) is 6.29 Å². The van der Waals surface area contributed by atoms with Crippen molar-refractivity contribution in [2.24, 2.45) is 23.7 Å². The maximum atomic E-state index is 9.40. The summed E-state index contributed by atoms with van der Waals surface area (Å²) >= 11 is 0. The predicted molar refractivity (Wildman–Crippen MR) is 78.5 cm³/mol. The highest BCUT2D eigenvalue weighted by Crippen LogP contribution is 2.48.